The van der Waals surface area contributed by atoms with Crippen molar-refractivity contribution < 1.29 is 0 Å². The number of nitrogens with one attached hydrogen (secondary N) is 2. The van der Waals surface area contributed by atoms with Crippen LogP contribution in [0.15, 0.2) is 4.47 Å². The molecule has 0 bridgehead atoms. The Labute approximate surface area is 104 Å². The number of hydrogen-bond acceptors (Lipinski definition) is 3. The molecule has 4 nitrogen and oxygen atoms in total. The van der Waals surface area contributed by atoms with Crippen LogP contribution in [0.3, 0.4) is 0 Å². The Morgan fingerprint density at radius 2 is 2.06 bits per heavy atom. The van der Waals surface area contributed by atoms with Gasteiger partial charge in [0.1, 0.15) is 5.82 Å². The zero-order valence-electron chi connectivity index (χ0n) is 9.30. The molecule has 0 aromatic carbocycles. The third-order valence-electron chi connectivity index (χ3n) is 3.48. The molecule has 0 amide bonds. The Kier molecular flexibility index (Phi) is 2.90. The average Bonchev–Trinajstić information content (AvgIpc) is 2.69. The maximum atomic E-state index is 4.75. The topological polar surface area (TPSA) is 41.9 Å². The first-order valence-electron chi connectivity index (χ1n) is 6.07. The molecule has 0 aliphatic carbocycles. The maximum absolute atomic E-state index is 4.75. The molecule has 0 spiro atoms. The van der Waals surface area contributed by atoms with Gasteiger partial charge in [-0.25, -0.2) is 4.68 Å². The minimum atomic E-state index is 0.621. The number of nitrogens with zero attached hydrogens (tertiary/aromatic N) is 2. The Balaban J connectivity index is 1.91. The highest BCUT2D eigenvalue weighted by molar-refractivity contribution is 9.10. The second kappa shape index (κ2) is 4.37. The van der Waals surface area contributed by atoms with Crippen molar-refractivity contribution in [2.45, 2.75) is 31.7 Å². The Hall–Kier alpha value is -0.550. The van der Waals surface area contributed by atoms with E-state index < -0.39 is 0 Å². The van der Waals surface area contributed by atoms with Crippen LogP contribution in [0.4, 0.5) is 5.82 Å². The molecule has 5 heteroatoms. The van der Waals surface area contributed by atoms with Gasteiger partial charge in [0, 0.05) is 19.0 Å². The number of aromatic nitrogens is 2. The van der Waals surface area contributed by atoms with E-state index in [1.165, 1.54) is 35.2 Å². The lowest BCUT2D eigenvalue weighted by Gasteiger charge is -2.21. The summed E-state index contributed by atoms with van der Waals surface area (Å²) in [7, 11) is 0. The highest BCUT2D eigenvalue weighted by Gasteiger charge is 2.25. The Morgan fingerprint density at radius 1 is 1.25 bits per heavy atom. The fraction of sp³-hybridized carbons (Fsp3) is 0.727. The third kappa shape index (κ3) is 1.76. The van der Waals surface area contributed by atoms with Crippen LogP contribution in [0, 0.1) is 0 Å². The van der Waals surface area contributed by atoms with Crippen molar-refractivity contribution in [3.63, 3.8) is 0 Å². The molecule has 3 rings (SSSR count). The van der Waals surface area contributed by atoms with Crippen molar-refractivity contribution in [3.8, 4) is 0 Å². The van der Waals surface area contributed by atoms with Crippen molar-refractivity contribution in [1.29, 1.82) is 0 Å². The van der Waals surface area contributed by atoms with Crippen LogP contribution in [-0.2, 0) is 6.54 Å². The number of hydrogen-bond donors (Lipinski definition) is 2. The molecule has 1 aromatic rings. The lowest BCUT2D eigenvalue weighted by Crippen LogP contribution is -2.27. The molecule has 2 aliphatic heterocycles. The molecular weight excluding hydrogens is 268 g/mol. The molecule has 0 unspecified atom stereocenters. The summed E-state index contributed by atoms with van der Waals surface area (Å²) in [5, 5.41) is 11.6. The highest BCUT2D eigenvalue weighted by Crippen LogP contribution is 2.36. The first-order chi connectivity index (χ1) is 7.86. The monoisotopic (exact) mass is 284 g/mol. The highest BCUT2D eigenvalue weighted by atomic mass is 79.9. The fourth-order valence-corrected chi connectivity index (χ4v) is 3.33. The third-order valence-corrected chi connectivity index (χ3v) is 4.27. The molecule has 88 valence electrons. The molecule has 0 radical (unpaired) electrons. The van der Waals surface area contributed by atoms with Crippen LogP contribution in [0.5, 0.6) is 0 Å². The van der Waals surface area contributed by atoms with Gasteiger partial charge in [-0.15, -0.1) is 0 Å². The lowest BCUT2D eigenvalue weighted by molar-refractivity contribution is 0.445. The van der Waals surface area contributed by atoms with Gasteiger partial charge in [-0.2, -0.15) is 5.10 Å². The Bertz CT molecular complexity index is 382. The van der Waals surface area contributed by atoms with E-state index in [0.29, 0.717) is 5.92 Å². The number of rotatable bonds is 1. The molecular formula is C11H17BrN4. The molecule has 1 fully saturated rings. The van der Waals surface area contributed by atoms with E-state index in [1.807, 2.05) is 0 Å². The number of fused-ring (bicyclic) bond motifs is 1. The van der Waals surface area contributed by atoms with Crippen molar-refractivity contribution in [2.24, 2.45) is 0 Å². The van der Waals surface area contributed by atoms with Gasteiger partial charge in [0.15, 0.2) is 0 Å². The van der Waals surface area contributed by atoms with Gasteiger partial charge in [0.2, 0.25) is 0 Å². The van der Waals surface area contributed by atoms with Crippen LogP contribution < -0.4 is 10.6 Å². The maximum Gasteiger partial charge on any atom is 0.138 e. The summed E-state index contributed by atoms with van der Waals surface area (Å²) < 4.78 is 3.31. The summed E-state index contributed by atoms with van der Waals surface area (Å²) in [6.45, 7) is 4.35. The summed E-state index contributed by atoms with van der Waals surface area (Å²) in [6.07, 6.45) is 3.58. The standard InChI is InChI=1S/C11H17BrN4/c12-9-10(8-2-5-13-6-3-8)15-16-7-1-4-14-11(9)16/h8,13-14H,1-7H2. The second-order valence-electron chi connectivity index (χ2n) is 4.58. The SMILES string of the molecule is Brc1c(C2CCNCC2)nn2c1NCCC2. The number of aryl methyl sites for hydroxylation is 1. The van der Waals surface area contributed by atoms with Crippen LogP contribution >= 0.6 is 15.9 Å². The van der Waals surface area contributed by atoms with Gasteiger partial charge in [0.25, 0.3) is 0 Å². The van der Waals surface area contributed by atoms with Crippen molar-refractivity contribution >= 4 is 21.7 Å². The van der Waals surface area contributed by atoms with Crippen molar-refractivity contribution in [2.75, 3.05) is 25.0 Å². The van der Waals surface area contributed by atoms with Gasteiger partial charge in [-0.05, 0) is 48.3 Å². The molecule has 0 atom stereocenters. The molecule has 0 saturated carbocycles. The van der Waals surface area contributed by atoms with Gasteiger partial charge in [-0.3, -0.25) is 0 Å². The summed E-state index contributed by atoms with van der Waals surface area (Å²) in [4.78, 5) is 0. The van der Waals surface area contributed by atoms with Gasteiger partial charge in [0.05, 0.1) is 10.2 Å². The lowest BCUT2D eigenvalue weighted by atomic mass is 9.95. The first kappa shape index (κ1) is 10.6. The molecule has 2 N–H and O–H groups in total. The fourth-order valence-electron chi connectivity index (χ4n) is 2.58. The van der Waals surface area contributed by atoms with E-state index in [-0.39, 0.29) is 0 Å². The summed E-state index contributed by atoms with van der Waals surface area (Å²) in [5.74, 6) is 1.80. The Morgan fingerprint density at radius 3 is 2.81 bits per heavy atom. The van der Waals surface area contributed by atoms with E-state index in [1.54, 1.807) is 0 Å². The summed E-state index contributed by atoms with van der Waals surface area (Å²) >= 11 is 3.71. The van der Waals surface area contributed by atoms with Gasteiger partial charge in [-0.1, -0.05) is 0 Å². The smallest absolute Gasteiger partial charge is 0.138 e. The van der Waals surface area contributed by atoms with Gasteiger partial charge < -0.3 is 10.6 Å². The average molecular weight is 285 g/mol. The van der Waals surface area contributed by atoms with Crippen LogP contribution in [0.25, 0.3) is 0 Å². The second-order valence-corrected chi connectivity index (χ2v) is 5.37. The molecule has 1 aromatic heterocycles. The molecule has 3 heterocycles. The van der Waals surface area contributed by atoms with Crippen LogP contribution in [0.1, 0.15) is 30.9 Å². The zero-order valence-corrected chi connectivity index (χ0v) is 10.9. The van der Waals surface area contributed by atoms with Crippen LogP contribution in [-0.4, -0.2) is 29.4 Å². The number of halogens is 1. The van der Waals surface area contributed by atoms with Crippen LogP contribution in [0.2, 0.25) is 0 Å². The minimum Gasteiger partial charge on any atom is -0.369 e. The van der Waals surface area contributed by atoms with Crippen molar-refractivity contribution in [3.05, 3.63) is 10.2 Å². The molecule has 1 saturated heterocycles. The summed E-state index contributed by atoms with van der Waals surface area (Å²) in [6, 6.07) is 0. The van der Waals surface area contributed by atoms with E-state index >= 15 is 0 Å². The van der Waals surface area contributed by atoms with Crippen molar-refractivity contribution in [1.82, 2.24) is 15.1 Å². The number of piperidine rings is 1. The molecule has 16 heavy (non-hydrogen) atoms. The normalized spacial score (nSPS) is 21.6. The predicted molar refractivity (Wildman–Crippen MR) is 67.9 cm³/mol. The predicted octanol–water partition coefficient (Wildman–Crippen LogP) is 1.93. The van der Waals surface area contributed by atoms with Gasteiger partial charge >= 0.3 is 0 Å². The molecule has 2 aliphatic rings. The number of anilines is 1. The zero-order chi connectivity index (χ0) is 11.0. The van der Waals surface area contributed by atoms with E-state index in [9.17, 15) is 0 Å². The quantitative estimate of drug-likeness (QED) is 0.828. The largest absolute Gasteiger partial charge is 0.369 e. The first-order valence-corrected chi connectivity index (χ1v) is 6.86. The van der Waals surface area contributed by atoms with E-state index in [4.69, 9.17) is 5.10 Å². The summed E-state index contributed by atoms with van der Waals surface area (Å²) in [5.41, 5.74) is 1.26. The van der Waals surface area contributed by atoms with E-state index in [2.05, 4.69) is 31.2 Å². The van der Waals surface area contributed by atoms with E-state index in [0.717, 1.165) is 26.2 Å². The minimum absolute atomic E-state index is 0.621.